The fourth-order valence-corrected chi connectivity index (χ4v) is 2.63. The van der Waals surface area contributed by atoms with Gasteiger partial charge in [-0.25, -0.2) is 0 Å². The molecule has 0 saturated heterocycles. The highest BCUT2D eigenvalue weighted by Gasteiger charge is 2.12. The number of ether oxygens (including phenoxy) is 1. The van der Waals surface area contributed by atoms with E-state index in [1.165, 1.54) is 6.92 Å². The molecule has 0 heterocycles. The first-order valence-electron chi connectivity index (χ1n) is 9.19. The van der Waals surface area contributed by atoms with Gasteiger partial charge in [0.2, 0.25) is 5.91 Å². The third kappa shape index (κ3) is 6.88. The van der Waals surface area contributed by atoms with E-state index < -0.39 is 18.5 Å². The molecule has 0 spiro atoms. The van der Waals surface area contributed by atoms with Crippen molar-refractivity contribution in [1.29, 1.82) is 0 Å². The van der Waals surface area contributed by atoms with Gasteiger partial charge in [-0.05, 0) is 56.2 Å². The molecular formula is C22H24N2O5. The standard InChI is InChI=1S/C22H24N2O5/c1-14-5-4-6-15(2)22(14)24-20(27)13-29-21(28)12-11-19(26)23-18-9-7-17(8-10-18)16(3)25/h4-10H,11-13H2,1-3H3,(H,23,26)(H,24,27). The summed E-state index contributed by atoms with van der Waals surface area (Å²) in [6.45, 7) is 4.80. The van der Waals surface area contributed by atoms with Crippen LogP contribution in [0.5, 0.6) is 0 Å². The Morgan fingerprint density at radius 3 is 2.03 bits per heavy atom. The van der Waals surface area contributed by atoms with E-state index in [9.17, 15) is 19.2 Å². The maximum Gasteiger partial charge on any atom is 0.306 e. The van der Waals surface area contributed by atoms with E-state index in [4.69, 9.17) is 4.74 Å². The van der Waals surface area contributed by atoms with E-state index in [1.54, 1.807) is 24.3 Å². The van der Waals surface area contributed by atoms with Crippen LogP contribution >= 0.6 is 0 Å². The van der Waals surface area contributed by atoms with Gasteiger partial charge < -0.3 is 15.4 Å². The Hall–Kier alpha value is -3.48. The number of esters is 1. The maximum absolute atomic E-state index is 12.0. The summed E-state index contributed by atoms with van der Waals surface area (Å²) in [5, 5.41) is 5.36. The molecule has 2 aromatic rings. The molecule has 7 heteroatoms. The van der Waals surface area contributed by atoms with Gasteiger partial charge in [0.05, 0.1) is 6.42 Å². The molecule has 2 N–H and O–H groups in total. The van der Waals surface area contributed by atoms with Crippen LogP contribution in [0.4, 0.5) is 11.4 Å². The summed E-state index contributed by atoms with van der Waals surface area (Å²) in [5.41, 5.74) is 3.60. The molecule has 0 radical (unpaired) electrons. The fraction of sp³-hybridized carbons (Fsp3) is 0.273. The van der Waals surface area contributed by atoms with Gasteiger partial charge in [0.25, 0.3) is 5.91 Å². The summed E-state index contributed by atoms with van der Waals surface area (Å²) in [5.74, 6) is -1.50. The summed E-state index contributed by atoms with van der Waals surface area (Å²) in [6, 6.07) is 12.1. The van der Waals surface area contributed by atoms with E-state index in [2.05, 4.69) is 10.6 Å². The van der Waals surface area contributed by atoms with Crippen molar-refractivity contribution in [2.75, 3.05) is 17.2 Å². The van der Waals surface area contributed by atoms with Crippen molar-refractivity contribution in [2.45, 2.75) is 33.6 Å². The molecule has 0 aromatic heterocycles. The fourth-order valence-electron chi connectivity index (χ4n) is 2.63. The van der Waals surface area contributed by atoms with Crippen LogP contribution in [0.1, 0.15) is 41.3 Å². The summed E-state index contributed by atoms with van der Waals surface area (Å²) in [4.78, 5) is 46.9. The molecule has 2 aromatic carbocycles. The normalized spacial score (nSPS) is 10.2. The molecule has 0 bridgehead atoms. The zero-order valence-electron chi connectivity index (χ0n) is 16.7. The minimum Gasteiger partial charge on any atom is -0.456 e. The van der Waals surface area contributed by atoms with Gasteiger partial charge >= 0.3 is 5.97 Å². The van der Waals surface area contributed by atoms with E-state index in [1.807, 2.05) is 32.0 Å². The van der Waals surface area contributed by atoms with Crippen LogP contribution < -0.4 is 10.6 Å². The third-order valence-corrected chi connectivity index (χ3v) is 4.24. The second-order valence-electron chi connectivity index (χ2n) is 6.66. The number of nitrogens with one attached hydrogen (secondary N) is 2. The number of ketones is 1. The van der Waals surface area contributed by atoms with Gasteiger partial charge in [0.15, 0.2) is 12.4 Å². The third-order valence-electron chi connectivity index (χ3n) is 4.24. The lowest BCUT2D eigenvalue weighted by Gasteiger charge is -2.11. The molecule has 2 rings (SSSR count). The van der Waals surface area contributed by atoms with Crippen molar-refractivity contribution in [2.24, 2.45) is 0 Å². The molecule has 2 amide bonds. The van der Waals surface area contributed by atoms with E-state index in [0.29, 0.717) is 16.9 Å². The second kappa shape index (κ2) is 10.2. The van der Waals surface area contributed by atoms with Crippen molar-refractivity contribution < 1.29 is 23.9 Å². The minimum absolute atomic E-state index is 0.0627. The van der Waals surface area contributed by atoms with E-state index >= 15 is 0 Å². The van der Waals surface area contributed by atoms with E-state index in [0.717, 1.165) is 11.1 Å². The maximum atomic E-state index is 12.0. The number of carbonyl (C=O) groups is 4. The van der Waals surface area contributed by atoms with Crippen LogP contribution in [0.15, 0.2) is 42.5 Å². The van der Waals surface area contributed by atoms with Crippen LogP contribution in [-0.2, 0) is 19.1 Å². The Morgan fingerprint density at radius 1 is 0.828 bits per heavy atom. The highest BCUT2D eigenvalue weighted by atomic mass is 16.5. The van der Waals surface area contributed by atoms with Gasteiger partial charge in [-0.1, -0.05) is 18.2 Å². The van der Waals surface area contributed by atoms with E-state index in [-0.39, 0.29) is 24.5 Å². The first-order valence-corrected chi connectivity index (χ1v) is 9.19. The average Bonchev–Trinajstić information content (AvgIpc) is 2.68. The van der Waals surface area contributed by atoms with Crippen LogP contribution in [0.25, 0.3) is 0 Å². The highest BCUT2D eigenvalue weighted by molar-refractivity contribution is 5.96. The second-order valence-corrected chi connectivity index (χ2v) is 6.66. The molecule has 0 aliphatic carbocycles. The molecule has 0 atom stereocenters. The minimum atomic E-state index is -0.635. The Balaban J connectivity index is 1.73. The highest BCUT2D eigenvalue weighted by Crippen LogP contribution is 2.19. The number of hydrogen-bond acceptors (Lipinski definition) is 5. The number of carbonyl (C=O) groups excluding carboxylic acids is 4. The zero-order chi connectivity index (χ0) is 21.4. The number of para-hydroxylation sites is 1. The van der Waals surface area contributed by atoms with Gasteiger partial charge in [-0.15, -0.1) is 0 Å². The van der Waals surface area contributed by atoms with Crippen LogP contribution in [-0.4, -0.2) is 30.2 Å². The summed E-state index contributed by atoms with van der Waals surface area (Å²) in [6.07, 6.45) is -0.222. The predicted molar refractivity (Wildman–Crippen MR) is 110 cm³/mol. The lowest BCUT2D eigenvalue weighted by Crippen LogP contribution is -2.22. The van der Waals surface area contributed by atoms with Crippen molar-refractivity contribution in [3.05, 3.63) is 59.2 Å². The molecule has 29 heavy (non-hydrogen) atoms. The summed E-state index contributed by atoms with van der Waals surface area (Å²) in [7, 11) is 0. The Kier molecular flexibility index (Phi) is 7.65. The number of rotatable bonds is 8. The van der Waals surface area contributed by atoms with Crippen molar-refractivity contribution in [3.8, 4) is 0 Å². The first kappa shape index (κ1) is 21.8. The quantitative estimate of drug-likeness (QED) is 0.526. The summed E-state index contributed by atoms with van der Waals surface area (Å²) < 4.78 is 4.93. The molecule has 152 valence electrons. The topological polar surface area (TPSA) is 102 Å². The lowest BCUT2D eigenvalue weighted by molar-refractivity contribution is -0.147. The smallest absolute Gasteiger partial charge is 0.306 e. The largest absolute Gasteiger partial charge is 0.456 e. The van der Waals surface area contributed by atoms with Crippen molar-refractivity contribution in [3.63, 3.8) is 0 Å². The van der Waals surface area contributed by atoms with Gasteiger partial charge in [0.1, 0.15) is 0 Å². The van der Waals surface area contributed by atoms with Gasteiger partial charge in [-0.3, -0.25) is 19.2 Å². The number of Topliss-reactive ketones (excluding diaryl/α,β-unsaturated/α-hetero) is 1. The molecule has 7 nitrogen and oxygen atoms in total. The average molecular weight is 396 g/mol. The number of anilines is 2. The number of hydrogen-bond donors (Lipinski definition) is 2. The Labute approximate surface area is 169 Å². The molecule has 0 aliphatic rings. The first-order chi connectivity index (χ1) is 13.8. The Morgan fingerprint density at radius 2 is 1.45 bits per heavy atom. The van der Waals surface area contributed by atoms with Crippen LogP contribution in [0.2, 0.25) is 0 Å². The van der Waals surface area contributed by atoms with Gasteiger partial charge in [0, 0.05) is 23.4 Å². The number of aryl methyl sites for hydroxylation is 2. The lowest BCUT2D eigenvalue weighted by atomic mass is 10.1. The molecule has 0 saturated carbocycles. The monoisotopic (exact) mass is 396 g/mol. The van der Waals surface area contributed by atoms with Gasteiger partial charge in [-0.2, -0.15) is 0 Å². The van der Waals surface area contributed by atoms with Crippen LogP contribution in [0, 0.1) is 13.8 Å². The molecule has 0 aliphatic heterocycles. The van der Waals surface area contributed by atoms with Crippen molar-refractivity contribution in [1.82, 2.24) is 0 Å². The molecule has 0 fully saturated rings. The number of benzene rings is 2. The Bertz CT molecular complexity index is 899. The number of amides is 2. The summed E-state index contributed by atoms with van der Waals surface area (Å²) >= 11 is 0. The zero-order valence-corrected chi connectivity index (χ0v) is 16.7. The predicted octanol–water partition coefficient (Wildman–Crippen LogP) is 3.41. The SMILES string of the molecule is CC(=O)c1ccc(NC(=O)CCC(=O)OCC(=O)Nc2c(C)cccc2C)cc1. The molecule has 0 unspecified atom stereocenters. The molecular weight excluding hydrogens is 372 g/mol. The van der Waals surface area contributed by atoms with Crippen LogP contribution in [0.3, 0.4) is 0 Å². The van der Waals surface area contributed by atoms with Crippen molar-refractivity contribution >= 4 is 34.9 Å².